The number of nitrogens with one attached hydrogen (secondary N) is 1. The molecule has 1 aromatic rings. The summed E-state index contributed by atoms with van der Waals surface area (Å²) in [5.74, 6) is -1.13. The second kappa shape index (κ2) is 2.87. The molecule has 0 fully saturated rings. The van der Waals surface area contributed by atoms with Gasteiger partial charge in [-0.3, -0.25) is 5.10 Å². The van der Waals surface area contributed by atoms with Crippen LogP contribution in [0.1, 0.15) is 5.56 Å². The number of carbonyl (C=O) groups is 1. The molecule has 0 bridgehead atoms. The average molecular weight is 153 g/mol. The Kier molecular flexibility index (Phi) is 1.91. The second-order valence-electron chi connectivity index (χ2n) is 1.94. The zero-order chi connectivity index (χ0) is 8.27. The lowest BCUT2D eigenvalue weighted by atomic mass is 10.3. The average Bonchev–Trinajstić information content (AvgIpc) is 2.39. The summed E-state index contributed by atoms with van der Waals surface area (Å²) in [7, 11) is 0. The Morgan fingerprint density at radius 2 is 2.55 bits per heavy atom. The number of hydrogen-bond donors (Lipinski definition) is 3. The van der Waals surface area contributed by atoms with Crippen LogP contribution in [-0.2, 0) is 4.79 Å². The van der Waals surface area contributed by atoms with Crippen molar-refractivity contribution in [2.45, 2.75) is 0 Å². The van der Waals surface area contributed by atoms with Gasteiger partial charge in [0, 0.05) is 11.8 Å². The highest BCUT2D eigenvalue weighted by atomic mass is 16.4. The Morgan fingerprint density at radius 1 is 1.82 bits per heavy atom. The van der Waals surface area contributed by atoms with Gasteiger partial charge in [0.2, 0.25) is 0 Å². The van der Waals surface area contributed by atoms with Crippen LogP contribution in [0.25, 0.3) is 6.08 Å². The van der Waals surface area contributed by atoms with Crippen molar-refractivity contribution in [1.82, 2.24) is 10.2 Å². The summed E-state index contributed by atoms with van der Waals surface area (Å²) in [6.45, 7) is 0. The third-order valence-corrected chi connectivity index (χ3v) is 1.09. The fraction of sp³-hybridized carbons (Fsp3) is 0. The molecule has 0 radical (unpaired) electrons. The number of aliphatic carboxylic acids is 1. The van der Waals surface area contributed by atoms with E-state index in [2.05, 4.69) is 10.2 Å². The second-order valence-corrected chi connectivity index (χ2v) is 1.94. The van der Waals surface area contributed by atoms with Gasteiger partial charge in [-0.25, -0.2) is 4.79 Å². The van der Waals surface area contributed by atoms with E-state index < -0.39 is 5.97 Å². The summed E-state index contributed by atoms with van der Waals surface area (Å²) in [6, 6.07) is 0. The summed E-state index contributed by atoms with van der Waals surface area (Å²) in [5, 5.41) is 14.5. The predicted octanol–water partition coefficient (Wildman–Crippen LogP) is -0.206. The highest BCUT2D eigenvalue weighted by Crippen LogP contribution is 1.99. The van der Waals surface area contributed by atoms with Gasteiger partial charge < -0.3 is 10.8 Å². The predicted molar refractivity (Wildman–Crippen MR) is 38.4 cm³/mol. The first-order valence-electron chi connectivity index (χ1n) is 2.89. The van der Waals surface area contributed by atoms with Gasteiger partial charge in [0.1, 0.15) is 5.70 Å². The number of aromatic amines is 1. The molecular weight excluding hydrogens is 146 g/mol. The van der Waals surface area contributed by atoms with Crippen molar-refractivity contribution in [3.05, 3.63) is 23.7 Å². The van der Waals surface area contributed by atoms with E-state index in [4.69, 9.17) is 10.8 Å². The van der Waals surface area contributed by atoms with E-state index in [9.17, 15) is 4.79 Å². The van der Waals surface area contributed by atoms with Gasteiger partial charge in [-0.1, -0.05) is 0 Å². The van der Waals surface area contributed by atoms with Crippen LogP contribution in [0.15, 0.2) is 18.1 Å². The SMILES string of the molecule is NC(=Cc1cn[nH]c1)C(=O)O. The molecule has 0 aliphatic heterocycles. The normalized spacial score (nSPS) is 11.5. The summed E-state index contributed by atoms with van der Waals surface area (Å²) in [4.78, 5) is 10.2. The lowest BCUT2D eigenvalue weighted by Gasteiger charge is -1.89. The molecule has 0 unspecified atom stereocenters. The minimum Gasteiger partial charge on any atom is -0.477 e. The first-order chi connectivity index (χ1) is 5.20. The number of hydrogen-bond acceptors (Lipinski definition) is 3. The van der Waals surface area contributed by atoms with Crippen molar-refractivity contribution in [2.24, 2.45) is 5.73 Å². The van der Waals surface area contributed by atoms with Crippen LogP contribution in [-0.4, -0.2) is 21.3 Å². The molecule has 0 saturated heterocycles. The number of nitrogens with zero attached hydrogens (tertiary/aromatic N) is 1. The number of H-pyrrole nitrogens is 1. The zero-order valence-electron chi connectivity index (χ0n) is 5.61. The van der Waals surface area contributed by atoms with E-state index in [-0.39, 0.29) is 5.70 Å². The van der Waals surface area contributed by atoms with Gasteiger partial charge in [-0.15, -0.1) is 0 Å². The fourth-order valence-electron chi connectivity index (χ4n) is 0.581. The quantitative estimate of drug-likeness (QED) is 0.513. The van der Waals surface area contributed by atoms with E-state index in [0.717, 1.165) is 0 Å². The van der Waals surface area contributed by atoms with E-state index >= 15 is 0 Å². The van der Waals surface area contributed by atoms with Crippen LogP contribution in [0.4, 0.5) is 0 Å². The van der Waals surface area contributed by atoms with Crippen molar-refractivity contribution >= 4 is 12.0 Å². The van der Waals surface area contributed by atoms with Gasteiger partial charge in [0.15, 0.2) is 0 Å². The number of aromatic nitrogens is 2. The number of nitrogens with two attached hydrogens (primary N) is 1. The number of carboxylic acids is 1. The maximum absolute atomic E-state index is 10.2. The minimum absolute atomic E-state index is 0.202. The van der Waals surface area contributed by atoms with Gasteiger partial charge in [-0.2, -0.15) is 5.10 Å². The molecule has 1 heterocycles. The van der Waals surface area contributed by atoms with Gasteiger partial charge in [0.05, 0.1) is 6.20 Å². The van der Waals surface area contributed by atoms with E-state index in [1.165, 1.54) is 12.3 Å². The summed E-state index contributed by atoms with van der Waals surface area (Å²) in [5.41, 5.74) is 5.57. The van der Waals surface area contributed by atoms with Crippen LogP contribution in [0.3, 0.4) is 0 Å². The summed E-state index contributed by atoms with van der Waals surface area (Å²) in [6.07, 6.45) is 4.36. The molecule has 0 saturated carbocycles. The summed E-state index contributed by atoms with van der Waals surface area (Å²) >= 11 is 0. The van der Waals surface area contributed by atoms with Crippen LogP contribution in [0, 0.1) is 0 Å². The van der Waals surface area contributed by atoms with Crippen LogP contribution < -0.4 is 5.73 Å². The van der Waals surface area contributed by atoms with Crippen molar-refractivity contribution < 1.29 is 9.90 Å². The monoisotopic (exact) mass is 153 g/mol. The number of rotatable bonds is 2. The Hall–Kier alpha value is -1.78. The molecule has 5 nitrogen and oxygen atoms in total. The first-order valence-corrected chi connectivity index (χ1v) is 2.89. The molecule has 58 valence electrons. The molecule has 1 aromatic heterocycles. The molecule has 0 spiro atoms. The van der Waals surface area contributed by atoms with Gasteiger partial charge >= 0.3 is 5.97 Å². The molecule has 5 heteroatoms. The van der Waals surface area contributed by atoms with Gasteiger partial charge in [-0.05, 0) is 6.08 Å². The molecular formula is C6H7N3O2. The van der Waals surface area contributed by atoms with Crippen LogP contribution >= 0.6 is 0 Å². The molecule has 1 rings (SSSR count). The van der Waals surface area contributed by atoms with Crippen molar-refractivity contribution in [1.29, 1.82) is 0 Å². The Bertz CT molecular complexity index is 276. The topological polar surface area (TPSA) is 92.0 Å². The first kappa shape index (κ1) is 7.33. The minimum atomic E-state index is -1.13. The molecule has 0 aliphatic rings. The molecule has 0 aliphatic carbocycles. The Morgan fingerprint density at radius 3 is 3.00 bits per heavy atom. The van der Waals surface area contributed by atoms with Gasteiger partial charge in [0.25, 0.3) is 0 Å². The third kappa shape index (κ3) is 1.82. The van der Waals surface area contributed by atoms with E-state index in [1.54, 1.807) is 6.20 Å². The van der Waals surface area contributed by atoms with Crippen LogP contribution in [0.5, 0.6) is 0 Å². The van der Waals surface area contributed by atoms with Crippen molar-refractivity contribution in [2.75, 3.05) is 0 Å². The van der Waals surface area contributed by atoms with E-state index in [1.807, 2.05) is 0 Å². The van der Waals surface area contributed by atoms with Crippen LogP contribution in [0.2, 0.25) is 0 Å². The standard InChI is InChI=1S/C6H7N3O2/c7-5(6(10)11)1-4-2-8-9-3-4/h1-3H,7H2,(H,8,9)(H,10,11). The molecule has 0 amide bonds. The molecule has 0 atom stereocenters. The highest BCUT2D eigenvalue weighted by Gasteiger charge is 2.00. The smallest absolute Gasteiger partial charge is 0.351 e. The maximum Gasteiger partial charge on any atom is 0.351 e. The van der Waals surface area contributed by atoms with Crippen molar-refractivity contribution in [3.8, 4) is 0 Å². The zero-order valence-corrected chi connectivity index (χ0v) is 5.61. The molecule has 0 aromatic carbocycles. The lowest BCUT2D eigenvalue weighted by Crippen LogP contribution is -2.08. The number of carboxylic acid groups (broad SMARTS) is 1. The lowest BCUT2D eigenvalue weighted by molar-refractivity contribution is -0.132. The molecule has 4 N–H and O–H groups in total. The third-order valence-electron chi connectivity index (χ3n) is 1.09. The Labute approximate surface area is 62.5 Å². The van der Waals surface area contributed by atoms with Crippen molar-refractivity contribution in [3.63, 3.8) is 0 Å². The molecule has 11 heavy (non-hydrogen) atoms. The highest BCUT2D eigenvalue weighted by molar-refractivity contribution is 5.90. The Balaban J connectivity index is 2.82. The summed E-state index contributed by atoms with van der Waals surface area (Å²) < 4.78 is 0. The fourth-order valence-corrected chi connectivity index (χ4v) is 0.581. The van der Waals surface area contributed by atoms with E-state index in [0.29, 0.717) is 5.56 Å². The maximum atomic E-state index is 10.2. The largest absolute Gasteiger partial charge is 0.477 e.